The molecule has 8 fully saturated rings. The van der Waals surface area contributed by atoms with E-state index in [0.29, 0.717) is 38.0 Å². The van der Waals surface area contributed by atoms with E-state index in [9.17, 15) is 15.1 Å². The Balaban J connectivity index is 0.906. The quantitative estimate of drug-likeness (QED) is 0.0173. The minimum absolute atomic E-state index is 0.0451. The van der Waals surface area contributed by atoms with Gasteiger partial charge in [-0.3, -0.25) is 4.79 Å². The van der Waals surface area contributed by atoms with Gasteiger partial charge in [-0.05, 0) is 96.2 Å². The van der Waals surface area contributed by atoms with Crippen molar-refractivity contribution in [3.63, 3.8) is 0 Å². The topological polar surface area (TPSA) is 248 Å². The van der Waals surface area contributed by atoms with E-state index in [1.165, 1.54) is 6.92 Å². The van der Waals surface area contributed by atoms with E-state index in [1.54, 1.807) is 30.3 Å². The molecule has 8 aliphatic rings. The molecule has 0 N–H and O–H groups in total. The standard InChI is InChI=1S/C78H95N3O19/c1-49(2)57-37-36-50(3)42-58(57)93-76(84)96-67-66(68-70(99-77(97-68)38-22-10-23-39-77)71-69(67)98-78(100-71)40-24-11-25-41-78)95-74-61(80-81-79)64(87-45-54-30-16-7-17-31-54)63(60(91-74)48-89-73(83)56-34-20-9-21-35-56)94-75-72(90-51(4)82)65(88-46-55-32-18-8-19-33-55)62(86-44-53-28-14-6-15-29-53)59(92-75)47-85-43-52-26-12-5-13-27-52/h5-9,12-21,26-35,49-50,57-72,74-75H,10-11,22-25,36-48H2,1-4H3/t50-,57+,58-,59-,60-,61-,62-,63-,64-,65+,66+,67+,68-,69+,70+,71+,72+,74-,75-/m1/s1. The van der Waals surface area contributed by atoms with Crippen LogP contribution in [0, 0.1) is 17.8 Å². The Morgan fingerprint density at radius 3 is 1.54 bits per heavy atom. The monoisotopic (exact) mass is 1380 g/mol. The van der Waals surface area contributed by atoms with Gasteiger partial charge in [-0.1, -0.05) is 185 Å². The number of azide groups is 1. The first-order valence-corrected chi connectivity index (χ1v) is 36.0. The van der Waals surface area contributed by atoms with Crippen molar-refractivity contribution in [1.82, 2.24) is 0 Å². The molecule has 4 aliphatic heterocycles. The molecule has 0 amide bonds. The number of carbonyl (C=O) groups excluding carboxylic acids is 3. The molecule has 0 aromatic heterocycles. The van der Waals surface area contributed by atoms with Gasteiger partial charge < -0.3 is 75.8 Å². The first-order chi connectivity index (χ1) is 48.8. The molecule has 4 aliphatic carbocycles. The van der Waals surface area contributed by atoms with Crippen molar-refractivity contribution in [2.45, 2.75) is 253 Å². The highest BCUT2D eigenvalue weighted by atomic mass is 16.8. The minimum Gasteiger partial charge on any atom is -0.459 e. The van der Waals surface area contributed by atoms with Crippen molar-refractivity contribution in [2.75, 3.05) is 13.2 Å². The summed E-state index contributed by atoms with van der Waals surface area (Å²) < 4.78 is 112. The van der Waals surface area contributed by atoms with Crippen molar-refractivity contribution < 1.29 is 90.2 Å². The lowest BCUT2D eigenvalue weighted by Gasteiger charge is -2.50. The minimum atomic E-state index is -1.63. The molecule has 0 radical (unpaired) electrons. The van der Waals surface area contributed by atoms with Gasteiger partial charge in [0.15, 0.2) is 36.4 Å². The van der Waals surface area contributed by atoms with Crippen LogP contribution < -0.4 is 0 Å². The van der Waals surface area contributed by atoms with Gasteiger partial charge >= 0.3 is 18.1 Å². The molecule has 2 spiro atoms. The number of nitrogens with zero attached hydrogens (tertiary/aromatic N) is 3. The number of fused-ring (bicyclic) bond motifs is 3. The fourth-order valence-electron chi connectivity index (χ4n) is 16.0. The maximum atomic E-state index is 15.0. The smallest absolute Gasteiger partial charge is 0.459 e. The van der Waals surface area contributed by atoms with Crippen LogP contribution in [0.5, 0.6) is 0 Å². The normalized spacial score (nSPS) is 32.8. The molecule has 22 nitrogen and oxygen atoms in total. The zero-order chi connectivity index (χ0) is 69.0. The van der Waals surface area contributed by atoms with Crippen LogP contribution in [0.1, 0.15) is 144 Å². The molecule has 0 unspecified atom stereocenters. The van der Waals surface area contributed by atoms with Crippen LogP contribution in [-0.4, -0.2) is 147 Å². The Kier molecular flexibility index (Phi) is 24.0. The number of carbonyl (C=O) groups is 3. The van der Waals surface area contributed by atoms with Gasteiger partial charge in [0.25, 0.3) is 0 Å². The molecule has 5 aromatic rings. The summed E-state index contributed by atoms with van der Waals surface area (Å²) in [6.07, 6.45) is -9.07. The highest BCUT2D eigenvalue weighted by Gasteiger charge is 2.69. The molecule has 19 atom stereocenters. The molecule has 100 heavy (non-hydrogen) atoms. The van der Waals surface area contributed by atoms with Gasteiger partial charge in [-0.15, -0.1) is 0 Å². The van der Waals surface area contributed by atoms with Crippen molar-refractivity contribution in [3.05, 3.63) is 190 Å². The zero-order valence-corrected chi connectivity index (χ0v) is 57.5. The maximum absolute atomic E-state index is 15.0. The number of rotatable bonds is 25. The van der Waals surface area contributed by atoms with E-state index < -0.39 is 140 Å². The Morgan fingerprint density at radius 2 is 1.00 bits per heavy atom. The lowest BCUT2D eigenvalue weighted by molar-refractivity contribution is -0.365. The fraction of sp³-hybridized carbons (Fsp3) is 0.577. The van der Waals surface area contributed by atoms with E-state index >= 15 is 4.79 Å². The van der Waals surface area contributed by atoms with Crippen molar-refractivity contribution in [3.8, 4) is 0 Å². The second-order valence-corrected chi connectivity index (χ2v) is 28.4. The molecular weight excluding hydrogens is 1280 g/mol. The van der Waals surface area contributed by atoms with Crippen LogP contribution in [0.25, 0.3) is 10.4 Å². The average Bonchev–Trinajstić information content (AvgIpc) is 1.55. The SMILES string of the molecule is CC(=O)O[C@@H]1[C@@H](O[C@H]2[C@H](OCc3ccccc3)[C@@H](N=[N+]=[N-])[C@@H](O[C@H]3[C@H](OC(=O)O[C@@H]4C[C@H](C)CC[C@H]4C(C)C)[C@@H]4OC5(CCCCC5)O[C@@H]4[C@H]4OC5(CCCCC5)O[C@H]34)O[C@@H]2COC(=O)c2ccccc2)O[C@H](COCc2ccccc2)[C@@H](OCc2ccccc2)[C@@H]1OCc1ccccc1. The molecule has 13 rings (SSSR count). The highest BCUT2D eigenvalue weighted by molar-refractivity contribution is 5.89. The third-order valence-corrected chi connectivity index (χ3v) is 20.9. The van der Waals surface area contributed by atoms with Crippen LogP contribution in [0.15, 0.2) is 157 Å². The van der Waals surface area contributed by atoms with Gasteiger partial charge in [0.05, 0.1) is 38.6 Å². The van der Waals surface area contributed by atoms with Crippen LogP contribution in [0.2, 0.25) is 0 Å². The number of esters is 2. The summed E-state index contributed by atoms with van der Waals surface area (Å²) in [5, 5.41) is 4.50. The van der Waals surface area contributed by atoms with E-state index in [-0.39, 0.29) is 50.4 Å². The van der Waals surface area contributed by atoms with Crippen LogP contribution in [0.3, 0.4) is 0 Å². The van der Waals surface area contributed by atoms with Crippen molar-refractivity contribution in [2.24, 2.45) is 22.9 Å². The largest absolute Gasteiger partial charge is 0.509 e. The van der Waals surface area contributed by atoms with E-state index in [4.69, 9.17) is 75.8 Å². The Bertz CT molecular complexity index is 3450. The first-order valence-electron chi connectivity index (χ1n) is 36.0. The summed E-state index contributed by atoms with van der Waals surface area (Å²) in [4.78, 5) is 46.6. The van der Waals surface area contributed by atoms with Gasteiger partial charge in [0, 0.05) is 37.5 Å². The predicted octanol–water partition coefficient (Wildman–Crippen LogP) is 13.5. The number of hydrogen-bond acceptors (Lipinski definition) is 20. The maximum Gasteiger partial charge on any atom is 0.509 e. The van der Waals surface area contributed by atoms with Crippen LogP contribution >= 0.6 is 0 Å². The van der Waals surface area contributed by atoms with Gasteiger partial charge in [-0.2, -0.15) is 0 Å². The Morgan fingerprint density at radius 1 is 0.520 bits per heavy atom. The summed E-state index contributed by atoms with van der Waals surface area (Å²) in [7, 11) is 0. The Hall–Kier alpha value is -6.86. The predicted molar refractivity (Wildman–Crippen MR) is 361 cm³/mol. The number of hydrogen-bond donors (Lipinski definition) is 0. The lowest BCUT2D eigenvalue weighted by atomic mass is 9.75. The second kappa shape index (κ2) is 33.5. The van der Waals surface area contributed by atoms with Gasteiger partial charge in [0.2, 0.25) is 0 Å². The zero-order valence-electron chi connectivity index (χ0n) is 57.5. The average molecular weight is 1380 g/mol. The third kappa shape index (κ3) is 17.3. The molecule has 4 saturated carbocycles. The number of ether oxygens (including phenoxy) is 16. The van der Waals surface area contributed by atoms with Crippen molar-refractivity contribution >= 4 is 18.1 Å². The van der Waals surface area contributed by atoms with Crippen LogP contribution in [0.4, 0.5) is 4.79 Å². The molecule has 22 heteroatoms. The van der Waals surface area contributed by atoms with E-state index in [1.807, 2.05) is 121 Å². The summed E-state index contributed by atoms with van der Waals surface area (Å²) in [6.45, 7) is 7.42. The van der Waals surface area contributed by atoms with Crippen molar-refractivity contribution in [1.29, 1.82) is 0 Å². The highest BCUT2D eigenvalue weighted by Crippen LogP contribution is 2.54. The second-order valence-electron chi connectivity index (χ2n) is 28.4. The Labute approximate surface area is 585 Å². The first kappa shape index (κ1) is 71.5. The summed E-state index contributed by atoms with van der Waals surface area (Å²) in [6, 6.07) is 45.3. The fourth-order valence-corrected chi connectivity index (χ4v) is 16.0. The van der Waals surface area contributed by atoms with Gasteiger partial charge in [0.1, 0.15) is 85.9 Å². The molecule has 5 aromatic carbocycles. The van der Waals surface area contributed by atoms with Gasteiger partial charge in [-0.25, -0.2) is 9.59 Å². The van der Waals surface area contributed by atoms with E-state index in [2.05, 4.69) is 30.8 Å². The summed E-state index contributed by atoms with van der Waals surface area (Å²) >= 11 is 0. The van der Waals surface area contributed by atoms with E-state index in [0.717, 1.165) is 73.6 Å². The number of benzene rings is 5. The molecule has 4 saturated heterocycles. The molecule has 4 heterocycles. The summed E-state index contributed by atoms with van der Waals surface area (Å²) in [5.74, 6) is -2.83. The van der Waals surface area contributed by atoms with Crippen LogP contribution in [-0.2, 0) is 107 Å². The molecule has 0 bridgehead atoms. The molecule has 536 valence electrons. The third-order valence-electron chi connectivity index (χ3n) is 20.9. The molecular formula is C78H95N3O19. The summed E-state index contributed by atoms with van der Waals surface area (Å²) in [5.41, 5.74) is 14.5. The lowest BCUT2D eigenvalue weighted by Crippen LogP contribution is -2.68.